The molecule has 1 aliphatic heterocycles. The first-order chi connectivity index (χ1) is 16.2. The maximum Gasteiger partial charge on any atom is 0.323 e. The summed E-state index contributed by atoms with van der Waals surface area (Å²) in [5.74, 6) is -2.69. The lowest BCUT2D eigenvalue weighted by Crippen LogP contribution is -2.50. The zero-order valence-corrected chi connectivity index (χ0v) is 19.8. The molecule has 2 aliphatic carbocycles. The molecule has 4 unspecified atom stereocenters. The summed E-state index contributed by atoms with van der Waals surface area (Å²) in [4.78, 5) is 40.4. The number of hydrogen-bond donors (Lipinski definition) is 1. The van der Waals surface area contributed by atoms with Gasteiger partial charge < -0.3 is 24.1 Å². The van der Waals surface area contributed by atoms with Crippen LogP contribution >= 0.6 is 0 Å². The third-order valence-electron chi connectivity index (χ3n) is 7.43. The van der Waals surface area contributed by atoms with Gasteiger partial charge >= 0.3 is 11.9 Å². The van der Waals surface area contributed by atoms with Crippen molar-refractivity contribution in [1.82, 2.24) is 0 Å². The topological polar surface area (TPSA) is 108 Å². The number of allylic oxidation sites excluding steroid dienone is 2. The smallest absolute Gasteiger partial charge is 0.323 e. The van der Waals surface area contributed by atoms with Crippen LogP contribution in [0.4, 0.5) is 0 Å². The van der Waals surface area contributed by atoms with Gasteiger partial charge in [0.05, 0.1) is 26.2 Å². The molecule has 3 aliphatic rings. The molecule has 1 aromatic carbocycles. The molecule has 0 radical (unpaired) electrons. The van der Waals surface area contributed by atoms with E-state index in [1.807, 2.05) is 13.8 Å². The highest BCUT2D eigenvalue weighted by molar-refractivity contribution is 6.07. The van der Waals surface area contributed by atoms with Crippen molar-refractivity contribution in [2.45, 2.75) is 32.6 Å². The lowest BCUT2D eigenvalue weighted by molar-refractivity contribution is -0.168. The van der Waals surface area contributed by atoms with Crippen molar-refractivity contribution in [2.24, 2.45) is 22.7 Å². The normalized spacial score (nSPS) is 30.3. The Morgan fingerprint density at radius 2 is 1.88 bits per heavy atom. The summed E-state index contributed by atoms with van der Waals surface area (Å²) in [6, 6.07) is 6.85. The zero-order chi connectivity index (χ0) is 24.7. The van der Waals surface area contributed by atoms with E-state index in [-0.39, 0.29) is 31.5 Å². The Bertz CT molecular complexity index is 1050. The zero-order valence-electron chi connectivity index (χ0n) is 19.8. The molecule has 1 saturated carbocycles. The summed E-state index contributed by atoms with van der Waals surface area (Å²) in [5.41, 5.74) is -2.18. The Kier molecular flexibility index (Phi) is 6.29. The second-order valence-electron chi connectivity index (χ2n) is 9.52. The number of hydrogen-bond acceptors (Lipinski definition) is 7. The first kappa shape index (κ1) is 24.0. The molecule has 8 heteroatoms. The van der Waals surface area contributed by atoms with Crippen molar-refractivity contribution in [2.75, 3.05) is 27.6 Å². The Labute approximate surface area is 198 Å². The fourth-order valence-corrected chi connectivity index (χ4v) is 6.24. The van der Waals surface area contributed by atoms with Crippen molar-refractivity contribution in [3.05, 3.63) is 53.3 Å². The first-order valence-electron chi connectivity index (χ1n) is 11.4. The number of aliphatic carboxylic acids is 1. The molecule has 1 aromatic rings. The van der Waals surface area contributed by atoms with Crippen LogP contribution in [-0.2, 0) is 28.6 Å². The second kappa shape index (κ2) is 8.91. The average molecular weight is 471 g/mol. The summed E-state index contributed by atoms with van der Waals surface area (Å²) >= 11 is 0. The van der Waals surface area contributed by atoms with Crippen LogP contribution in [0.3, 0.4) is 0 Å². The number of fused-ring (bicyclic) bond motifs is 1. The number of ketones is 1. The van der Waals surface area contributed by atoms with Gasteiger partial charge in [0.2, 0.25) is 0 Å². The third kappa shape index (κ3) is 3.35. The van der Waals surface area contributed by atoms with Crippen LogP contribution in [0.5, 0.6) is 5.75 Å². The highest BCUT2D eigenvalue weighted by atomic mass is 16.7. The van der Waals surface area contributed by atoms with E-state index in [1.54, 1.807) is 30.3 Å². The average Bonchev–Trinajstić information content (AvgIpc) is 3.13. The monoisotopic (exact) mass is 470 g/mol. The van der Waals surface area contributed by atoms with E-state index in [2.05, 4.69) is 0 Å². The molecule has 8 nitrogen and oxygen atoms in total. The number of ether oxygens (including phenoxy) is 4. The van der Waals surface area contributed by atoms with E-state index in [9.17, 15) is 19.5 Å². The Hall–Kier alpha value is -3.13. The third-order valence-corrected chi connectivity index (χ3v) is 7.43. The van der Waals surface area contributed by atoms with Crippen LogP contribution in [0, 0.1) is 22.7 Å². The molecule has 4 rings (SSSR count). The van der Waals surface area contributed by atoms with Gasteiger partial charge in [0.1, 0.15) is 11.5 Å². The molecular weight excluding hydrogens is 440 g/mol. The SMILES string of the molecule is COC(=O)C1(C(=O)O)CC(CC(C)C)C2(C(=O)C=CC3=C2COCO3)C1c1ccc(OC)cc1. The van der Waals surface area contributed by atoms with Gasteiger partial charge in [-0.25, -0.2) is 0 Å². The van der Waals surface area contributed by atoms with E-state index in [0.29, 0.717) is 29.1 Å². The van der Waals surface area contributed by atoms with Crippen molar-refractivity contribution >= 4 is 17.7 Å². The highest BCUT2D eigenvalue weighted by Gasteiger charge is 2.73. The fourth-order valence-electron chi connectivity index (χ4n) is 6.24. The molecule has 1 spiro atoms. The molecule has 4 atom stereocenters. The van der Waals surface area contributed by atoms with E-state index in [4.69, 9.17) is 18.9 Å². The summed E-state index contributed by atoms with van der Waals surface area (Å²) in [6.45, 7) is 4.18. The number of carboxylic acid groups (broad SMARTS) is 1. The Morgan fingerprint density at radius 1 is 1.18 bits per heavy atom. The van der Waals surface area contributed by atoms with Gasteiger partial charge in [0, 0.05) is 11.5 Å². The van der Waals surface area contributed by atoms with Gasteiger partial charge in [-0.15, -0.1) is 0 Å². The molecule has 1 heterocycles. The number of carbonyl (C=O) groups excluding carboxylic acids is 2. The van der Waals surface area contributed by atoms with Crippen LogP contribution in [0.2, 0.25) is 0 Å². The van der Waals surface area contributed by atoms with E-state index in [1.165, 1.54) is 20.3 Å². The number of esters is 1. The maximum atomic E-state index is 14.0. The maximum absolute atomic E-state index is 14.0. The molecule has 1 N–H and O–H groups in total. The number of methoxy groups -OCH3 is 2. The minimum Gasteiger partial charge on any atom is -0.497 e. The second-order valence-corrected chi connectivity index (χ2v) is 9.52. The van der Waals surface area contributed by atoms with Gasteiger partial charge in [-0.1, -0.05) is 26.0 Å². The lowest BCUT2D eigenvalue weighted by atomic mass is 9.56. The predicted octanol–water partition coefficient (Wildman–Crippen LogP) is 3.47. The van der Waals surface area contributed by atoms with Crippen LogP contribution in [0.1, 0.15) is 38.2 Å². The predicted molar refractivity (Wildman–Crippen MR) is 121 cm³/mol. The van der Waals surface area contributed by atoms with Gasteiger partial charge in [-0.3, -0.25) is 14.4 Å². The number of benzene rings is 1. The van der Waals surface area contributed by atoms with Crippen LogP contribution in [0.25, 0.3) is 0 Å². The minimum atomic E-state index is -1.97. The van der Waals surface area contributed by atoms with Gasteiger partial charge in [0.15, 0.2) is 18.0 Å². The first-order valence-corrected chi connectivity index (χ1v) is 11.4. The van der Waals surface area contributed by atoms with Crippen molar-refractivity contribution in [1.29, 1.82) is 0 Å². The van der Waals surface area contributed by atoms with Crippen LogP contribution in [0.15, 0.2) is 47.7 Å². The Morgan fingerprint density at radius 3 is 2.47 bits per heavy atom. The van der Waals surface area contributed by atoms with E-state index >= 15 is 0 Å². The fraction of sp³-hybridized carbons (Fsp3) is 0.500. The molecule has 0 aromatic heterocycles. The summed E-state index contributed by atoms with van der Waals surface area (Å²) in [6.07, 6.45) is 3.56. The summed E-state index contributed by atoms with van der Waals surface area (Å²) in [5, 5.41) is 10.6. The Balaban J connectivity index is 2.08. The largest absolute Gasteiger partial charge is 0.497 e. The molecular formula is C26H30O8. The number of carbonyl (C=O) groups is 3. The van der Waals surface area contributed by atoms with Gasteiger partial charge in [0.25, 0.3) is 0 Å². The van der Waals surface area contributed by atoms with Crippen molar-refractivity contribution in [3.8, 4) is 5.75 Å². The quantitative estimate of drug-likeness (QED) is 0.497. The van der Waals surface area contributed by atoms with Gasteiger partial charge in [-0.2, -0.15) is 0 Å². The van der Waals surface area contributed by atoms with Crippen molar-refractivity contribution < 1.29 is 38.4 Å². The van der Waals surface area contributed by atoms with Crippen LogP contribution in [-0.4, -0.2) is 50.4 Å². The number of rotatable bonds is 6. The molecule has 0 bridgehead atoms. The summed E-state index contributed by atoms with van der Waals surface area (Å²) in [7, 11) is 2.71. The van der Waals surface area contributed by atoms with E-state index < -0.39 is 34.6 Å². The minimum absolute atomic E-state index is 0.0383. The number of carboxylic acids is 1. The van der Waals surface area contributed by atoms with Gasteiger partial charge in [-0.05, 0) is 54.5 Å². The van der Waals surface area contributed by atoms with E-state index in [0.717, 1.165) is 0 Å². The summed E-state index contributed by atoms with van der Waals surface area (Å²) < 4.78 is 21.7. The standard InChI is InChI=1S/C26H30O8/c1-15(2)11-17-12-25(23(28)29,24(30)32-4)22(16-5-7-18(31-3)8-6-16)26(17)19-13-33-14-34-20(19)9-10-21(26)27/h5-10,15,17,22H,11-14H2,1-4H3,(H,28,29). The molecule has 1 fully saturated rings. The molecule has 0 saturated heterocycles. The van der Waals surface area contributed by atoms with Crippen molar-refractivity contribution in [3.63, 3.8) is 0 Å². The lowest BCUT2D eigenvalue weighted by Gasteiger charge is -2.45. The van der Waals surface area contributed by atoms with Crippen LogP contribution < -0.4 is 4.74 Å². The molecule has 34 heavy (non-hydrogen) atoms. The highest BCUT2D eigenvalue weighted by Crippen LogP contribution is 2.69. The molecule has 0 amide bonds. The molecule has 182 valence electrons.